The van der Waals surface area contributed by atoms with Crippen molar-refractivity contribution in [1.29, 1.82) is 0 Å². The van der Waals surface area contributed by atoms with Crippen molar-refractivity contribution in [2.45, 2.75) is 39.2 Å². The number of aryl methyl sites for hydroxylation is 1. The maximum absolute atomic E-state index is 6.51. The number of hydrogen-bond donors (Lipinski definition) is 1. The van der Waals surface area contributed by atoms with Gasteiger partial charge in [0.05, 0.1) is 0 Å². The van der Waals surface area contributed by atoms with E-state index in [1.807, 2.05) is 73.7 Å². The molecule has 0 saturated heterocycles. The van der Waals surface area contributed by atoms with E-state index >= 15 is 0 Å². The standard InChI is InChI=1S/C21H20ClNO.C6H10/c1-2-16-12-14-18(15-13-16)21(24-23,17-8-4-3-5-9-17)19-10-6-7-11-20(19)22;1-3-5-6-4-2/h3-15H,2,23H2,1H3;3,6H,4H2,1-2H3. The van der Waals surface area contributed by atoms with Crippen LogP contribution in [-0.2, 0) is 16.9 Å². The summed E-state index contributed by atoms with van der Waals surface area (Å²) in [5.41, 5.74) is 5.96. The lowest BCUT2D eigenvalue weighted by molar-refractivity contribution is 0.0118. The van der Waals surface area contributed by atoms with E-state index < -0.39 is 5.60 Å². The molecular formula is C27H30ClNO. The third-order valence-electron chi connectivity index (χ3n) is 4.87. The first-order valence-corrected chi connectivity index (χ1v) is 10.6. The highest BCUT2D eigenvalue weighted by molar-refractivity contribution is 6.31. The van der Waals surface area contributed by atoms with E-state index in [1.54, 1.807) is 0 Å². The molecule has 0 aliphatic rings. The molecule has 2 N–H and O–H groups in total. The Hall–Kier alpha value is -2.61. The number of nitrogens with two attached hydrogens (primary N) is 1. The fourth-order valence-electron chi connectivity index (χ4n) is 3.31. The van der Waals surface area contributed by atoms with E-state index in [9.17, 15) is 0 Å². The molecular weight excluding hydrogens is 390 g/mol. The minimum Gasteiger partial charge on any atom is -0.283 e. The topological polar surface area (TPSA) is 35.2 Å². The van der Waals surface area contributed by atoms with Crippen LogP contribution in [0.5, 0.6) is 0 Å². The Kier molecular flexibility index (Phi) is 9.60. The molecule has 156 valence electrons. The summed E-state index contributed by atoms with van der Waals surface area (Å²) >= 11 is 6.51. The van der Waals surface area contributed by atoms with Gasteiger partial charge >= 0.3 is 0 Å². The van der Waals surface area contributed by atoms with Gasteiger partial charge in [0.2, 0.25) is 0 Å². The van der Waals surface area contributed by atoms with Crippen molar-refractivity contribution in [2.75, 3.05) is 0 Å². The van der Waals surface area contributed by atoms with Gasteiger partial charge in [0.1, 0.15) is 0 Å². The molecule has 0 aliphatic carbocycles. The lowest BCUT2D eigenvalue weighted by atomic mass is 9.80. The number of benzene rings is 3. The normalized spacial score (nSPS) is 12.0. The fourth-order valence-corrected chi connectivity index (χ4v) is 3.58. The van der Waals surface area contributed by atoms with Crippen molar-refractivity contribution in [3.05, 3.63) is 124 Å². The van der Waals surface area contributed by atoms with Crippen LogP contribution in [0.25, 0.3) is 0 Å². The first-order chi connectivity index (χ1) is 14.6. The fraction of sp³-hybridized carbons (Fsp3) is 0.222. The molecule has 0 fully saturated rings. The van der Waals surface area contributed by atoms with E-state index in [0.29, 0.717) is 5.02 Å². The monoisotopic (exact) mass is 419 g/mol. The first kappa shape index (κ1) is 23.7. The molecule has 0 radical (unpaired) electrons. The third kappa shape index (κ3) is 5.50. The van der Waals surface area contributed by atoms with Crippen LogP contribution in [-0.4, -0.2) is 0 Å². The number of allylic oxidation sites excluding steroid dienone is 1. The van der Waals surface area contributed by atoms with Crippen molar-refractivity contribution < 1.29 is 4.84 Å². The highest BCUT2D eigenvalue weighted by Crippen LogP contribution is 2.42. The van der Waals surface area contributed by atoms with Gasteiger partial charge in [-0.1, -0.05) is 98.2 Å². The van der Waals surface area contributed by atoms with Gasteiger partial charge in [0.15, 0.2) is 5.60 Å². The Morgan fingerprint density at radius 2 is 1.50 bits per heavy atom. The molecule has 30 heavy (non-hydrogen) atoms. The lowest BCUT2D eigenvalue weighted by Crippen LogP contribution is -2.35. The third-order valence-corrected chi connectivity index (χ3v) is 5.20. The van der Waals surface area contributed by atoms with Crippen LogP contribution in [0, 0.1) is 0 Å². The van der Waals surface area contributed by atoms with E-state index in [4.69, 9.17) is 22.3 Å². The smallest absolute Gasteiger partial charge is 0.166 e. The van der Waals surface area contributed by atoms with Crippen molar-refractivity contribution >= 4 is 11.6 Å². The Balaban J connectivity index is 0.000000469. The molecule has 3 aromatic rings. The van der Waals surface area contributed by atoms with Gasteiger partial charge < -0.3 is 0 Å². The van der Waals surface area contributed by atoms with Crippen LogP contribution in [0.3, 0.4) is 0 Å². The summed E-state index contributed by atoms with van der Waals surface area (Å²) in [6.07, 6.45) is 5.97. The highest BCUT2D eigenvalue weighted by Gasteiger charge is 2.39. The molecule has 0 spiro atoms. The molecule has 0 aromatic heterocycles. The summed E-state index contributed by atoms with van der Waals surface area (Å²) in [5, 5.41) is 0.617. The molecule has 3 aromatic carbocycles. The average molecular weight is 420 g/mol. The zero-order valence-electron chi connectivity index (χ0n) is 17.9. The zero-order valence-corrected chi connectivity index (χ0v) is 18.7. The summed E-state index contributed by atoms with van der Waals surface area (Å²) in [6.45, 7) is 6.19. The summed E-state index contributed by atoms with van der Waals surface area (Å²) in [5.74, 6) is 5.88. The van der Waals surface area contributed by atoms with Gasteiger partial charge in [0, 0.05) is 10.6 Å². The maximum atomic E-state index is 6.51. The Bertz CT molecular complexity index is 960. The molecule has 3 heteroatoms. The molecule has 1 atom stereocenters. The van der Waals surface area contributed by atoms with E-state index in [0.717, 1.165) is 29.5 Å². The predicted molar refractivity (Wildman–Crippen MR) is 127 cm³/mol. The highest BCUT2D eigenvalue weighted by atomic mass is 35.5. The van der Waals surface area contributed by atoms with E-state index in [2.05, 4.69) is 43.8 Å². The van der Waals surface area contributed by atoms with Crippen LogP contribution in [0.1, 0.15) is 49.4 Å². The quantitative estimate of drug-likeness (QED) is 0.260. The molecule has 0 saturated carbocycles. The minimum atomic E-state index is -0.953. The zero-order chi connectivity index (χ0) is 21.8. The Morgan fingerprint density at radius 3 is 2.00 bits per heavy atom. The molecule has 1 unspecified atom stereocenters. The predicted octanol–water partition coefficient (Wildman–Crippen LogP) is 7.21. The van der Waals surface area contributed by atoms with Crippen molar-refractivity contribution in [3.8, 4) is 0 Å². The van der Waals surface area contributed by atoms with Gasteiger partial charge in [-0.3, -0.25) is 4.84 Å². The maximum Gasteiger partial charge on any atom is 0.166 e. The number of hydrogen-bond acceptors (Lipinski definition) is 2. The first-order valence-electron chi connectivity index (χ1n) is 10.3. The Labute approximate surface area is 185 Å². The van der Waals surface area contributed by atoms with Gasteiger partial charge in [-0.2, -0.15) is 0 Å². The summed E-state index contributed by atoms with van der Waals surface area (Å²) in [6, 6.07) is 25.9. The molecule has 3 rings (SSSR count). The second-order valence-corrected chi connectivity index (χ2v) is 7.17. The SMILES string of the molecule is CC=C=CCC.CCc1ccc(C(ON)(c2ccccc2)c2ccccc2Cl)cc1. The molecule has 0 heterocycles. The van der Waals surface area contributed by atoms with Crippen LogP contribution < -0.4 is 5.90 Å². The second-order valence-electron chi connectivity index (χ2n) is 6.76. The van der Waals surface area contributed by atoms with Crippen molar-refractivity contribution in [1.82, 2.24) is 0 Å². The summed E-state index contributed by atoms with van der Waals surface area (Å²) < 4.78 is 0. The van der Waals surface area contributed by atoms with E-state index in [-0.39, 0.29) is 0 Å². The van der Waals surface area contributed by atoms with E-state index in [1.165, 1.54) is 5.56 Å². The average Bonchev–Trinajstić information content (AvgIpc) is 2.81. The summed E-state index contributed by atoms with van der Waals surface area (Å²) in [7, 11) is 0. The van der Waals surface area contributed by atoms with Gasteiger partial charge in [-0.15, -0.1) is 5.73 Å². The number of halogens is 1. The molecule has 0 bridgehead atoms. The molecule has 0 amide bonds. The second kappa shape index (κ2) is 12.2. The van der Waals surface area contributed by atoms with Crippen molar-refractivity contribution in [3.63, 3.8) is 0 Å². The van der Waals surface area contributed by atoms with Crippen LogP contribution in [0.15, 0.2) is 96.7 Å². The Morgan fingerprint density at radius 1 is 0.900 bits per heavy atom. The van der Waals surface area contributed by atoms with Crippen LogP contribution in [0.2, 0.25) is 5.02 Å². The van der Waals surface area contributed by atoms with Crippen LogP contribution in [0.4, 0.5) is 0 Å². The number of rotatable bonds is 6. The van der Waals surface area contributed by atoms with Gasteiger partial charge in [-0.05, 0) is 54.7 Å². The van der Waals surface area contributed by atoms with Crippen LogP contribution >= 0.6 is 11.6 Å². The molecule has 0 aliphatic heterocycles. The summed E-state index contributed by atoms with van der Waals surface area (Å²) in [4.78, 5) is 5.67. The largest absolute Gasteiger partial charge is 0.283 e. The lowest BCUT2D eigenvalue weighted by Gasteiger charge is -2.34. The van der Waals surface area contributed by atoms with Gasteiger partial charge in [-0.25, -0.2) is 5.90 Å². The van der Waals surface area contributed by atoms with Crippen molar-refractivity contribution in [2.24, 2.45) is 5.90 Å². The molecule has 2 nitrogen and oxygen atoms in total. The minimum absolute atomic E-state index is 0.617. The van der Waals surface area contributed by atoms with Gasteiger partial charge in [0.25, 0.3) is 0 Å².